The SMILES string of the molecule is CNC(=O)c1ccc(SNc2noc3c2CC2(CC2)c2ccc(N4CC(O)C4)cc2-3)c(OC)c1. The van der Waals surface area contributed by atoms with Crippen molar-refractivity contribution in [2.24, 2.45) is 0 Å². The van der Waals surface area contributed by atoms with Gasteiger partial charge >= 0.3 is 0 Å². The number of aliphatic hydroxyl groups excluding tert-OH is 1. The molecule has 2 aromatic carbocycles. The van der Waals surface area contributed by atoms with Gasteiger partial charge in [0.15, 0.2) is 11.6 Å². The Bertz CT molecular complexity index is 1280. The van der Waals surface area contributed by atoms with E-state index in [0.29, 0.717) is 24.4 Å². The molecule has 9 heteroatoms. The lowest BCUT2D eigenvalue weighted by atomic mass is 9.79. The molecular weight excluding hydrogens is 452 g/mol. The molecule has 3 aromatic rings. The summed E-state index contributed by atoms with van der Waals surface area (Å²) in [4.78, 5) is 15.0. The number of fused-ring (bicyclic) bond motifs is 4. The van der Waals surface area contributed by atoms with Crippen molar-refractivity contribution in [3.63, 3.8) is 0 Å². The second-order valence-corrected chi connectivity index (χ2v) is 10.1. The van der Waals surface area contributed by atoms with Crippen LogP contribution in [0.25, 0.3) is 11.3 Å². The van der Waals surface area contributed by atoms with Gasteiger partial charge in [0.05, 0.1) is 18.1 Å². The van der Waals surface area contributed by atoms with Gasteiger partial charge in [-0.3, -0.25) is 4.79 Å². The highest BCUT2D eigenvalue weighted by atomic mass is 32.2. The number of aliphatic hydroxyl groups is 1. The third kappa shape index (κ3) is 3.42. The van der Waals surface area contributed by atoms with Crippen molar-refractivity contribution < 1.29 is 19.2 Å². The number of hydrogen-bond donors (Lipinski definition) is 3. The Morgan fingerprint density at radius 1 is 1.26 bits per heavy atom. The molecule has 1 aromatic heterocycles. The molecule has 0 bridgehead atoms. The molecule has 3 N–H and O–H groups in total. The number of benzene rings is 2. The van der Waals surface area contributed by atoms with Crippen LogP contribution in [0, 0.1) is 0 Å². The van der Waals surface area contributed by atoms with Crippen LogP contribution in [-0.4, -0.2) is 49.5 Å². The molecule has 1 spiro atoms. The van der Waals surface area contributed by atoms with E-state index in [-0.39, 0.29) is 17.4 Å². The Hall–Kier alpha value is -3.17. The number of nitrogens with one attached hydrogen (secondary N) is 2. The molecule has 8 nitrogen and oxygen atoms in total. The van der Waals surface area contributed by atoms with Gasteiger partial charge in [0.25, 0.3) is 5.91 Å². The van der Waals surface area contributed by atoms with Crippen molar-refractivity contribution in [2.45, 2.75) is 35.7 Å². The Labute approximate surface area is 201 Å². The number of carbonyl (C=O) groups is 1. The molecule has 1 aliphatic heterocycles. The van der Waals surface area contributed by atoms with Crippen LogP contribution < -0.4 is 19.7 Å². The van der Waals surface area contributed by atoms with Gasteiger partial charge in [-0.15, -0.1) is 0 Å². The fraction of sp³-hybridized carbons (Fsp3) is 0.360. The van der Waals surface area contributed by atoms with Crippen LogP contribution >= 0.6 is 11.9 Å². The molecule has 176 valence electrons. The first-order valence-electron chi connectivity index (χ1n) is 11.4. The number of amides is 1. The molecule has 1 saturated heterocycles. The Morgan fingerprint density at radius 3 is 2.79 bits per heavy atom. The van der Waals surface area contributed by atoms with E-state index in [0.717, 1.165) is 52.6 Å². The highest BCUT2D eigenvalue weighted by Gasteiger charge is 2.50. The monoisotopic (exact) mass is 478 g/mol. The standard InChI is InChI=1S/C25H26N4O4S/c1-26-24(31)14-3-6-21(20(9-14)32-2)34-28-23-18-11-25(7-8-25)19-5-4-15(29-12-16(30)13-29)10-17(19)22(18)33-27-23/h3-6,9-10,16,30H,7-8,11-13H2,1-2H3,(H,26,31)(H,27,28). The minimum absolute atomic E-state index is 0.158. The zero-order valence-electron chi connectivity index (χ0n) is 19.1. The summed E-state index contributed by atoms with van der Waals surface area (Å²) < 4.78 is 14.7. The molecule has 1 saturated carbocycles. The van der Waals surface area contributed by atoms with Gasteiger partial charge in [-0.25, -0.2) is 0 Å². The van der Waals surface area contributed by atoms with Gasteiger partial charge in [-0.05, 0) is 67.1 Å². The molecule has 6 rings (SSSR count). The fourth-order valence-electron chi connectivity index (χ4n) is 4.98. The largest absolute Gasteiger partial charge is 0.495 e. The first-order chi connectivity index (χ1) is 16.5. The van der Waals surface area contributed by atoms with Crippen LogP contribution in [0.4, 0.5) is 11.5 Å². The number of aromatic nitrogens is 1. The quantitative estimate of drug-likeness (QED) is 0.462. The Balaban J connectivity index is 1.28. The third-order valence-corrected chi connectivity index (χ3v) is 7.97. The van der Waals surface area contributed by atoms with E-state index in [1.807, 2.05) is 6.07 Å². The third-order valence-electron chi connectivity index (χ3n) is 7.11. The summed E-state index contributed by atoms with van der Waals surface area (Å²) in [6, 6.07) is 11.9. The summed E-state index contributed by atoms with van der Waals surface area (Å²) in [5, 5.41) is 16.7. The summed E-state index contributed by atoms with van der Waals surface area (Å²) >= 11 is 1.39. The number of hydrogen-bond acceptors (Lipinski definition) is 8. The van der Waals surface area contributed by atoms with Crippen molar-refractivity contribution in [2.75, 3.05) is 36.9 Å². The lowest BCUT2D eigenvalue weighted by molar-refractivity contribution is 0.0962. The van der Waals surface area contributed by atoms with Crippen LogP contribution in [0.2, 0.25) is 0 Å². The predicted molar refractivity (Wildman–Crippen MR) is 131 cm³/mol. The van der Waals surface area contributed by atoms with Gasteiger partial charge in [0.2, 0.25) is 0 Å². The Kier molecular flexibility index (Phi) is 5.00. The number of β-amino-alcohol motifs (C(OH)–C–C–N with tert-alkyl or cyclic N) is 1. The van der Waals surface area contributed by atoms with Crippen LogP contribution in [0.5, 0.6) is 5.75 Å². The second kappa shape index (κ2) is 7.95. The van der Waals surface area contributed by atoms with Crippen LogP contribution in [0.1, 0.15) is 34.3 Å². The van der Waals surface area contributed by atoms with Crippen LogP contribution in [-0.2, 0) is 11.8 Å². The number of carbonyl (C=O) groups excluding carboxylic acids is 1. The van der Waals surface area contributed by atoms with Gasteiger partial charge in [-0.2, -0.15) is 0 Å². The number of ether oxygens (including phenoxy) is 1. The van der Waals surface area contributed by atoms with Crippen molar-refractivity contribution in [1.82, 2.24) is 10.5 Å². The van der Waals surface area contributed by atoms with E-state index in [1.54, 1.807) is 26.3 Å². The van der Waals surface area contributed by atoms with Crippen molar-refractivity contribution in [3.05, 3.63) is 53.1 Å². The molecule has 2 heterocycles. The first kappa shape index (κ1) is 21.4. The summed E-state index contributed by atoms with van der Waals surface area (Å²) in [7, 11) is 3.20. The summed E-state index contributed by atoms with van der Waals surface area (Å²) in [6.07, 6.45) is 2.97. The normalized spacial score (nSPS) is 17.6. The topological polar surface area (TPSA) is 99.9 Å². The van der Waals surface area contributed by atoms with Gasteiger partial charge in [0.1, 0.15) is 5.75 Å². The van der Waals surface area contributed by atoms with Crippen molar-refractivity contribution in [1.29, 1.82) is 0 Å². The van der Waals surface area contributed by atoms with Crippen LogP contribution in [0.3, 0.4) is 0 Å². The highest BCUT2D eigenvalue weighted by Crippen LogP contribution is 2.59. The smallest absolute Gasteiger partial charge is 0.251 e. The maximum Gasteiger partial charge on any atom is 0.251 e. The lowest BCUT2D eigenvalue weighted by Gasteiger charge is -2.38. The minimum Gasteiger partial charge on any atom is -0.495 e. The molecule has 0 unspecified atom stereocenters. The summed E-state index contributed by atoms with van der Waals surface area (Å²) in [5.74, 6) is 2.00. The van der Waals surface area contributed by atoms with E-state index in [4.69, 9.17) is 9.26 Å². The predicted octanol–water partition coefficient (Wildman–Crippen LogP) is 3.60. The Morgan fingerprint density at radius 2 is 2.09 bits per heavy atom. The van der Waals surface area contributed by atoms with E-state index >= 15 is 0 Å². The maximum absolute atomic E-state index is 11.9. The van der Waals surface area contributed by atoms with E-state index in [9.17, 15) is 9.90 Å². The number of rotatable bonds is 6. The lowest BCUT2D eigenvalue weighted by Crippen LogP contribution is -2.50. The van der Waals surface area contributed by atoms with E-state index < -0.39 is 0 Å². The average Bonchev–Trinajstić information content (AvgIpc) is 3.50. The van der Waals surface area contributed by atoms with Crippen LogP contribution in [0.15, 0.2) is 45.8 Å². The molecule has 2 fully saturated rings. The maximum atomic E-state index is 11.9. The van der Waals surface area contributed by atoms with Crippen molar-refractivity contribution in [3.8, 4) is 17.1 Å². The molecule has 0 radical (unpaired) electrons. The van der Waals surface area contributed by atoms with E-state index in [1.165, 1.54) is 17.5 Å². The molecule has 2 aliphatic carbocycles. The zero-order valence-corrected chi connectivity index (χ0v) is 19.9. The number of nitrogens with zero attached hydrogens (tertiary/aromatic N) is 2. The summed E-state index contributed by atoms with van der Waals surface area (Å²) in [5.41, 5.74) is 5.35. The number of methoxy groups -OCH3 is 1. The molecule has 1 amide bonds. The van der Waals surface area contributed by atoms with Gasteiger partial charge < -0.3 is 29.3 Å². The molecule has 3 aliphatic rings. The van der Waals surface area contributed by atoms with Crippen molar-refractivity contribution >= 4 is 29.4 Å². The number of anilines is 2. The molecule has 0 atom stereocenters. The molecule has 34 heavy (non-hydrogen) atoms. The van der Waals surface area contributed by atoms with E-state index in [2.05, 4.69) is 38.3 Å². The highest BCUT2D eigenvalue weighted by molar-refractivity contribution is 8.00. The molecular formula is C25H26N4O4S. The van der Waals surface area contributed by atoms with Gasteiger partial charge in [0, 0.05) is 47.9 Å². The summed E-state index contributed by atoms with van der Waals surface area (Å²) in [6.45, 7) is 1.33. The second-order valence-electron chi connectivity index (χ2n) is 9.23. The zero-order chi connectivity index (χ0) is 23.4. The van der Waals surface area contributed by atoms with Gasteiger partial charge in [-0.1, -0.05) is 11.2 Å². The minimum atomic E-state index is -0.248. The average molecular weight is 479 g/mol. The fourth-order valence-corrected chi connectivity index (χ4v) is 5.73. The first-order valence-corrected chi connectivity index (χ1v) is 12.2.